The van der Waals surface area contributed by atoms with Gasteiger partial charge < -0.3 is 10.2 Å². The summed E-state index contributed by atoms with van der Waals surface area (Å²) in [6, 6.07) is 2.94. The van der Waals surface area contributed by atoms with Crippen LogP contribution in [0.5, 0.6) is 0 Å². The van der Waals surface area contributed by atoms with E-state index in [0.717, 1.165) is 30.4 Å². The van der Waals surface area contributed by atoms with Crippen molar-refractivity contribution < 1.29 is 0 Å². The highest BCUT2D eigenvalue weighted by molar-refractivity contribution is 5.55. The van der Waals surface area contributed by atoms with E-state index in [9.17, 15) is 5.26 Å². The Labute approximate surface area is 121 Å². The van der Waals surface area contributed by atoms with E-state index in [1.165, 1.54) is 25.7 Å². The lowest BCUT2D eigenvalue weighted by Crippen LogP contribution is -2.33. The fraction of sp³-hybridized carbons (Fsp3) is 0.667. The van der Waals surface area contributed by atoms with Crippen LogP contribution in [0.3, 0.4) is 0 Å². The van der Waals surface area contributed by atoms with Gasteiger partial charge in [-0.2, -0.15) is 10.4 Å². The molecule has 20 heavy (non-hydrogen) atoms. The van der Waals surface area contributed by atoms with Gasteiger partial charge in [-0.25, -0.2) is 0 Å². The van der Waals surface area contributed by atoms with Crippen LogP contribution in [0.1, 0.15) is 42.5 Å². The number of hydrogen-bond acceptors (Lipinski definition) is 5. The number of nitrogens with one attached hydrogen (secondary N) is 1. The van der Waals surface area contributed by atoms with Gasteiger partial charge in [-0.15, -0.1) is 5.10 Å². The number of nitrogens with zero attached hydrogens (tertiary/aromatic N) is 4. The molecule has 0 aromatic carbocycles. The van der Waals surface area contributed by atoms with E-state index in [2.05, 4.69) is 33.5 Å². The number of aromatic nitrogens is 2. The molecule has 1 aliphatic rings. The van der Waals surface area contributed by atoms with Gasteiger partial charge in [0.2, 0.25) is 0 Å². The first kappa shape index (κ1) is 14.7. The maximum absolute atomic E-state index is 9.24. The smallest absolute Gasteiger partial charge is 0.166 e. The number of likely N-dealkylation sites (N-methyl/N-ethyl adjacent to an activating group) is 1. The van der Waals surface area contributed by atoms with Crippen LogP contribution in [0.25, 0.3) is 0 Å². The second-order valence-electron chi connectivity index (χ2n) is 5.59. The maximum Gasteiger partial charge on any atom is 0.166 e. The van der Waals surface area contributed by atoms with Crippen molar-refractivity contribution in [3.63, 3.8) is 0 Å². The van der Waals surface area contributed by atoms with Crippen molar-refractivity contribution in [1.82, 2.24) is 15.1 Å². The molecule has 0 spiro atoms. The number of nitriles is 1. The summed E-state index contributed by atoms with van der Waals surface area (Å²) in [5.41, 5.74) is 2.34. The quantitative estimate of drug-likeness (QED) is 0.891. The summed E-state index contributed by atoms with van der Waals surface area (Å²) in [5, 5.41) is 20.7. The van der Waals surface area contributed by atoms with Crippen molar-refractivity contribution in [2.45, 2.75) is 45.6 Å². The Kier molecular flexibility index (Phi) is 4.91. The second-order valence-corrected chi connectivity index (χ2v) is 5.59. The van der Waals surface area contributed by atoms with E-state index in [0.29, 0.717) is 11.4 Å². The molecule has 5 heteroatoms. The minimum atomic E-state index is 0.607. The lowest BCUT2D eigenvalue weighted by atomic mass is 10.1. The molecule has 5 nitrogen and oxygen atoms in total. The summed E-state index contributed by atoms with van der Waals surface area (Å²) in [6.45, 7) is 5.54. The minimum Gasteiger partial charge on any atom is -0.366 e. The number of aryl methyl sites for hydroxylation is 1. The molecule has 1 fully saturated rings. The molecule has 108 valence electrons. The molecule has 2 rings (SSSR count). The SMILES string of the molecule is Cc1nnc(NCCN(C)C2CCCC2)c(C#N)c1C. The molecule has 0 unspecified atom stereocenters. The van der Waals surface area contributed by atoms with Crippen molar-refractivity contribution in [2.24, 2.45) is 0 Å². The van der Waals surface area contributed by atoms with E-state index in [1.54, 1.807) is 0 Å². The molecule has 0 aliphatic heterocycles. The van der Waals surface area contributed by atoms with Gasteiger partial charge in [0.25, 0.3) is 0 Å². The Hall–Kier alpha value is -1.67. The lowest BCUT2D eigenvalue weighted by Gasteiger charge is -2.24. The Morgan fingerprint density at radius 2 is 2.00 bits per heavy atom. The van der Waals surface area contributed by atoms with Crippen LogP contribution >= 0.6 is 0 Å². The van der Waals surface area contributed by atoms with E-state index < -0.39 is 0 Å². The van der Waals surface area contributed by atoms with Crippen LogP contribution in [0.4, 0.5) is 5.82 Å². The highest BCUT2D eigenvalue weighted by atomic mass is 15.2. The highest BCUT2D eigenvalue weighted by Crippen LogP contribution is 2.22. The molecule has 1 N–H and O–H groups in total. The Morgan fingerprint density at radius 1 is 1.30 bits per heavy atom. The van der Waals surface area contributed by atoms with E-state index in [4.69, 9.17) is 0 Å². The predicted molar refractivity (Wildman–Crippen MR) is 79.6 cm³/mol. The molecule has 1 heterocycles. The first-order valence-corrected chi connectivity index (χ1v) is 7.31. The third kappa shape index (κ3) is 3.26. The molecule has 0 radical (unpaired) electrons. The van der Waals surface area contributed by atoms with E-state index in [1.807, 2.05) is 13.8 Å². The molecule has 0 amide bonds. The van der Waals surface area contributed by atoms with Gasteiger partial charge in [-0.1, -0.05) is 12.8 Å². The van der Waals surface area contributed by atoms with Gasteiger partial charge in [0.05, 0.1) is 5.69 Å². The number of anilines is 1. The first-order valence-electron chi connectivity index (χ1n) is 7.31. The van der Waals surface area contributed by atoms with Crippen molar-refractivity contribution >= 4 is 5.82 Å². The molecule has 1 aromatic heterocycles. The Morgan fingerprint density at radius 3 is 2.65 bits per heavy atom. The summed E-state index contributed by atoms with van der Waals surface area (Å²) < 4.78 is 0. The maximum atomic E-state index is 9.24. The molecule has 0 bridgehead atoms. The van der Waals surface area contributed by atoms with Gasteiger partial charge in [0.1, 0.15) is 11.6 Å². The summed E-state index contributed by atoms with van der Waals surface area (Å²) in [6.07, 6.45) is 5.32. The van der Waals surface area contributed by atoms with Crippen molar-refractivity contribution in [1.29, 1.82) is 5.26 Å². The van der Waals surface area contributed by atoms with Crippen LogP contribution in [0.2, 0.25) is 0 Å². The van der Waals surface area contributed by atoms with E-state index >= 15 is 0 Å². The number of hydrogen-bond donors (Lipinski definition) is 1. The molecule has 1 aromatic rings. The number of rotatable bonds is 5. The standard InChI is InChI=1S/C15H23N5/c1-11-12(2)18-19-15(14(11)10-16)17-8-9-20(3)13-6-4-5-7-13/h13H,4-9H2,1-3H3,(H,17,19). The minimum absolute atomic E-state index is 0.607. The van der Waals surface area contributed by atoms with Crippen molar-refractivity contribution in [2.75, 3.05) is 25.5 Å². The van der Waals surface area contributed by atoms with Gasteiger partial charge in [0, 0.05) is 19.1 Å². The zero-order valence-electron chi connectivity index (χ0n) is 12.6. The van der Waals surface area contributed by atoms with Crippen LogP contribution in [0, 0.1) is 25.2 Å². The first-order chi connectivity index (χ1) is 9.63. The highest BCUT2D eigenvalue weighted by Gasteiger charge is 2.19. The van der Waals surface area contributed by atoms with Crippen LogP contribution in [0.15, 0.2) is 0 Å². The second kappa shape index (κ2) is 6.67. The zero-order chi connectivity index (χ0) is 14.5. The molecule has 0 atom stereocenters. The van der Waals surface area contributed by atoms with Gasteiger partial charge in [-0.3, -0.25) is 0 Å². The van der Waals surface area contributed by atoms with Crippen molar-refractivity contribution in [3.8, 4) is 6.07 Å². The summed E-state index contributed by atoms with van der Waals surface area (Å²) in [5.74, 6) is 0.607. The Balaban J connectivity index is 1.91. The molecular weight excluding hydrogens is 250 g/mol. The predicted octanol–water partition coefficient (Wildman–Crippen LogP) is 2.25. The lowest BCUT2D eigenvalue weighted by molar-refractivity contribution is 0.254. The molecule has 0 saturated heterocycles. The Bertz CT molecular complexity index is 500. The summed E-state index contributed by atoms with van der Waals surface area (Å²) in [4.78, 5) is 2.40. The third-order valence-electron chi connectivity index (χ3n) is 4.27. The zero-order valence-corrected chi connectivity index (χ0v) is 12.6. The molecule has 1 saturated carbocycles. The normalized spacial score (nSPS) is 15.6. The molecule has 1 aliphatic carbocycles. The average molecular weight is 273 g/mol. The van der Waals surface area contributed by atoms with Crippen LogP contribution in [-0.2, 0) is 0 Å². The summed E-state index contributed by atoms with van der Waals surface area (Å²) in [7, 11) is 2.18. The fourth-order valence-corrected chi connectivity index (χ4v) is 2.75. The largest absolute Gasteiger partial charge is 0.366 e. The van der Waals surface area contributed by atoms with Gasteiger partial charge >= 0.3 is 0 Å². The van der Waals surface area contributed by atoms with E-state index in [-0.39, 0.29) is 0 Å². The third-order valence-corrected chi connectivity index (χ3v) is 4.27. The monoisotopic (exact) mass is 273 g/mol. The van der Waals surface area contributed by atoms with Gasteiger partial charge in [0.15, 0.2) is 5.82 Å². The van der Waals surface area contributed by atoms with Gasteiger partial charge in [-0.05, 0) is 39.3 Å². The summed E-state index contributed by atoms with van der Waals surface area (Å²) >= 11 is 0. The molecular formula is C15H23N5. The topological polar surface area (TPSA) is 64.8 Å². The van der Waals surface area contributed by atoms with Crippen LogP contribution < -0.4 is 5.32 Å². The van der Waals surface area contributed by atoms with Crippen molar-refractivity contribution in [3.05, 3.63) is 16.8 Å². The van der Waals surface area contributed by atoms with Crippen LogP contribution in [-0.4, -0.2) is 41.3 Å². The fourth-order valence-electron chi connectivity index (χ4n) is 2.75. The average Bonchev–Trinajstić information content (AvgIpc) is 2.97.